The molecule has 3 aromatic heterocycles. The summed E-state index contributed by atoms with van der Waals surface area (Å²) < 4.78 is 12.0. The highest BCUT2D eigenvalue weighted by Gasteiger charge is 2.35. The standard InChI is InChI=1S/C26H26N6O5/c1-4-19-15(2)27-26(29-25(19)35)32-22(13-20(30-32)21-6-5-11-37-21)28-24(34)16-12-23(33)31(14-16)17-7-9-18(36-3)10-8-17/h5-11,13,16H,4,12,14H2,1-3H3,(H,28,34)(H,27,29,35). The SMILES string of the molecule is CCc1c(C)nc(-n2nc(-c3ccco3)cc2NC(=O)C2CC(=O)N(c3ccc(OC)cc3)C2)[nH]c1=O. The Bertz CT molecular complexity index is 1500. The molecule has 5 rings (SSSR count). The number of aromatic amines is 1. The Labute approximate surface area is 212 Å². The van der Waals surface area contributed by atoms with Crippen molar-refractivity contribution in [2.75, 3.05) is 23.9 Å². The van der Waals surface area contributed by atoms with E-state index in [4.69, 9.17) is 9.15 Å². The fraction of sp³-hybridized carbons (Fsp3) is 0.269. The smallest absolute Gasteiger partial charge is 0.255 e. The summed E-state index contributed by atoms with van der Waals surface area (Å²) in [6.45, 7) is 3.87. The fourth-order valence-corrected chi connectivity index (χ4v) is 4.41. The zero-order valence-corrected chi connectivity index (χ0v) is 20.6. The minimum atomic E-state index is -0.582. The molecule has 1 aromatic carbocycles. The van der Waals surface area contributed by atoms with Gasteiger partial charge in [0.05, 0.1) is 19.3 Å². The van der Waals surface area contributed by atoms with Crippen molar-refractivity contribution in [3.8, 4) is 23.2 Å². The Morgan fingerprint density at radius 1 is 1.24 bits per heavy atom. The summed E-state index contributed by atoms with van der Waals surface area (Å²) in [6, 6.07) is 12.2. The predicted octanol–water partition coefficient (Wildman–Crippen LogP) is 3.09. The van der Waals surface area contributed by atoms with Crippen molar-refractivity contribution in [1.29, 1.82) is 0 Å². The van der Waals surface area contributed by atoms with E-state index in [-0.39, 0.29) is 36.3 Å². The Balaban J connectivity index is 1.43. The summed E-state index contributed by atoms with van der Waals surface area (Å²) in [4.78, 5) is 47.4. The lowest BCUT2D eigenvalue weighted by Gasteiger charge is -2.17. The number of benzene rings is 1. The Hall–Kier alpha value is -4.67. The van der Waals surface area contributed by atoms with E-state index in [0.717, 1.165) is 0 Å². The number of anilines is 2. The predicted molar refractivity (Wildman–Crippen MR) is 136 cm³/mol. The molecule has 2 N–H and O–H groups in total. The van der Waals surface area contributed by atoms with Crippen molar-refractivity contribution in [1.82, 2.24) is 19.7 Å². The molecule has 1 saturated heterocycles. The van der Waals surface area contributed by atoms with E-state index in [0.29, 0.717) is 46.4 Å². The van der Waals surface area contributed by atoms with Crippen LogP contribution in [0.2, 0.25) is 0 Å². The Kier molecular flexibility index (Phi) is 6.34. The first-order valence-electron chi connectivity index (χ1n) is 11.9. The number of amides is 2. The van der Waals surface area contributed by atoms with E-state index in [9.17, 15) is 14.4 Å². The van der Waals surface area contributed by atoms with Gasteiger partial charge in [0.1, 0.15) is 17.3 Å². The summed E-state index contributed by atoms with van der Waals surface area (Å²) in [5.74, 6) is 0.543. The molecule has 4 aromatic rings. The van der Waals surface area contributed by atoms with Crippen LogP contribution >= 0.6 is 0 Å². The molecule has 37 heavy (non-hydrogen) atoms. The van der Waals surface area contributed by atoms with Gasteiger partial charge in [-0.25, -0.2) is 4.98 Å². The van der Waals surface area contributed by atoms with Gasteiger partial charge in [-0.3, -0.25) is 19.4 Å². The van der Waals surface area contributed by atoms with Gasteiger partial charge in [0, 0.05) is 36.0 Å². The van der Waals surface area contributed by atoms with E-state index in [2.05, 4.69) is 20.4 Å². The van der Waals surface area contributed by atoms with Gasteiger partial charge in [-0.2, -0.15) is 9.78 Å². The van der Waals surface area contributed by atoms with Crippen LogP contribution in [0.25, 0.3) is 17.4 Å². The first kappa shape index (κ1) is 24.0. The minimum absolute atomic E-state index is 0.0659. The van der Waals surface area contributed by atoms with Crippen LogP contribution in [-0.2, 0) is 16.0 Å². The van der Waals surface area contributed by atoms with Crippen molar-refractivity contribution in [2.24, 2.45) is 5.92 Å². The number of rotatable bonds is 7. The monoisotopic (exact) mass is 502 g/mol. The number of furan rings is 1. The topological polar surface area (TPSA) is 135 Å². The number of carbonyl (C=O) groups excluding carboxylic acids is 2. The molecule has 0 bridgehead atoms. The van der Waals surface area contributed by atoms with Crippen LogP contribution in [0.5, 0.6) is 5.75 Å². The minimum Gasteiger partial charge on any atom is -0.497 e. The molecule has 190 valence electrons. The van der Waals surface area contributed by atoms with Gasteiger partial charge < -0.3 is 19.4 Å². The molecule has 0 spiro atoms. The molecular weight excluding hydrogens is 476 g/mol. The van der Waals surface area contributed by atoms with Crippen LogP contribution in [0, 0.1) is 12.8 Å². The summed E-state index contributed by atoms with van der Waals surface area (Å²) in [5.41, 5.74) is 2.02. The van der Waals surface area contributed by atoms with Crippen molar-refractivity contribution in [2.45, 2.75) is 26.7 Å². The second-order valence-electron chi connectivity index (χ2n) is 8.70. The number of aryl methyl sites for hydroxylation is 1. The largest absolute Gasteiger partial charge is 0.497 e. The van der Waals surface area contributed by atoms with Crippen LogP contribution in [0.4, 0.5) is 11.5 Å². The van der Waals surface area contributed by atoms with Gasteiger partial charge in [0.15, 0.2) is 5.76 Å². The average Bonchev–Trinajstić information content (AvgIpc) is 3.64. The van der Waals surface area contributed by atoms with E-state index in [1.165, 1.54) is 10.9 Å². The first-order chi connectivity index (χ1) is 17.9. The Morgan fingerprint density at radius 2 is 2.03 bits per heavy atom. The number of aromatic nitrogens is 4. The van der Waals surface area contributed by atoms with E-state index < -0.39 is 5.92 Å². The number of hydrogen-bond acceptors (Lipinski definition) is 7. The molecule has 11 heteroatoms. The number of methoxy groups -OCH3 is 1. The molecule has 1 atom stereocenters. The van der Waals surface area contributed by atoms with Crippen molar-refractivity contribution in [3.63, 3.8) is 0 Å². The van der Waals surface area contributed by atoms with Crippen molar-refractivity contribution < 1.29 is 18.7 Å². The molecule has 11 nitrogen and oxygen atoms in total. The van der Waals surface area contributed by atoms with Gasteiger partial charge in [-0.05, 0) is 49.7 Å². The second kappa shape index (κ2) is 9.76. The zero-order valence-electron chi connectivity index (χ0n) is 20.6. The van der Waals surface area contributed by atoms with Gasteiger partial charge in [0.2, 0.25) is 17.8 Å². The van der Waals surface area contributed by atoms with Crippen LogP contribution in [0.15, 0.2) is 57.9 Å². The number of nitrogens with one attached hydrogen (secondary N) is 2. The van der Waals surface area contributed by atoms with Gasteiger partial charge in [-0.1, -0.05) is 6.92 Å². The third-order valence-corrected chi connectivity index (χ3v) is 6.38. The number of nitrogens with zero attached hydrogens (tertiary/aromatic N) is 4. The molecule has 1 aliphatic rings. The summed E-state index contributed by atoms with van der Waals surface area (Å²) in [7, 11) is 1.57. The molecule has 0 radical (unpaired) electrons. The van der Waals surface area contributed by atoms with Crippen LogP contribution in [0.3, 0.4) is 0 Å². The molecule has 4 heterocycles. The van der Waals surface area contributed by atoms with E-state index in [1.807, 2.05) is 6.92 Å². The lowest BCUT2D eigenvalue weighted by Crippen LogP contribution is -2.29. The van der Waals surface area contributed by atoms with Gasteiger partial charge in [0.25, 0.3) is 5.56 Å². The second-order valence-corrected chi connectivity index (χ2v) is 8.70. The maximum Gasteiger partial charge on any atom is 0.255 e. The fourth-order valence-electron chi connectivity index (χ4n) is 4.41. The average molecular weight is 503 g/mol. The molecule has 1 unspecified atom stereocenters. The highest BCUT2D eigenvalue weighted by Crippen LogP contribution is 2.29. The third-order valence-electron chi connectivity index (χ3n) is 6.38. The molecule has 1 fully saturated rings. The summed E-state index contributed by atoms with van der Waals surface area (Å²) >= 11 is 0. The van der Waals surface area contributed by atoms with Crippen LogP contribution in [0.1, 0.15) is 24.6 Å². The molecule has 0 saturated carbocycles. The molecule has 2 amide bonds. The highest BCUT2D eigenvalue weighted by molar-refractivity contribution is 6.03. The van der Waals surface area contributed by atoms with Crippen molar-refractivity contribution >= 4 is 23.3 Å². The van der Waals surface area contributed by atoms with E-state index in [1.54, 1.807) is 61.4 Å². The van der Waals surface area contributed by atoms with Crippen molar-refractivity contribution in [3.05, 3.63) is 70.3 Å². The lowest BCUT2D eigenvalue weighted by molar-refractivity contribution is -0.122. The third kappa shape index (κ3) is 4.63. The molecule has 0 aliphatic carbocycles. The normalized spacial score (nSPS) is 15.3. The van der Waals surface area contributed by atoms with E-state index >= 15 is 0 Å². The van der Waals surface area contributed by atoms with Crippen LogP contribution in [-0.4, -0.2) is 45.2 Å². The lowest BCUT2D eigenvalue weighted by atomic mass is 10.1. The first-order valence-corrected chi connectivity index (χ1v) is 11.9. The quantitative estimate of drug-likeness (QED) is 0.396. The van der Waals surface area contributed by atoms with Crippen LogP contribution < -0.4 is 20.5 Å². The maximum absolute atomic E-state index is 13.3. The molecular formula is C26H26N6O5. The summed E-state index contributed by atoms with van der Waals surface area (Å²) in [6.07, 6.45) is 2.12. The summed E-state index contributed by atoms with van der Waals surface area (Å²) in [5, 5.41) is 7.39. The molecule has 1 aliphatic heterocycles. The highest BCUT2D eigenvalue weighted by atomic mass is 16.5. The maximum atomic E-state index is 13.3. The van der Waals surface area contributed by atoms with Gasteiger partial charge in [-0.15, -0.1) is 0 Å². The number of ether oxygens (including phenoxy) is 1. The number of hydrogen-bond donors (Lipinski definition) is 2. The Morgan fingerprint density at radius 3 is 2.68 bits per heavy atom. The number of carbonyl (C=O) groups is 2. The van der Waals surface area contributed by atoms with Gasteiger partial charge >= 0.3 is 0 Å². The zero-order chi connectivity index (χ0) is 26.1. The number of H-pyrrole nitrogens is 1.